The Morgan fingerprint density at radius 1 is 1.23 bits per heavy atom. The molecule has 3 N–H and O–H groups in total. The third-order valence-corrected chi connectivity index (χ3v) is 7.11. The van der Waals surface area contributed by atoms with Gasteiger partial charge in [0.15, 0.2) is 9.92 Å². The molecule has 0 bridgehead atoms. The highest BCUT2D eigenvalue weighted by Gasteiger charge is 2.28. The fourth-order valence-electron chi connectivity index (χ4n) is 2.93. The molecule has 1 aliphatic heterocycles. The lowest BCUT2D eigenvalue weighted by molar-refractivity contribution is 0.115. The van der Waals surface area contributed by atoms with Crippen LogP contribution in [0.3, 0.4) is 0 Å². The standard InChI is InChI=1S/C21H28N4O3S2/c1-12(2)15-9-14(11-22)10-16(13(3)4)19(15)23-20(26)25-30(28)18(29)8-7-17(24-30)21(5,6)27/h7-10,12-13,27,29H,1-6H3,(H2,23,24,25,26,28). The molecule has 0 saturated heterocycles. The number of allylic oxidation sites excluding steroid dienone is 2. The zero-order chi connectivity index (χ0) is 22.9. The van der Waals surface area contributed by atoms with Crippen molar-refractivity contribution in [3.63, 3.8) is 0 Å². The molecule has 1 aliphatic rings. The van der Waals surface area contributed by atoms with E-state index in [-0.39, 0.29) is 21.8 Å². The fourth-order valence-corrected chi connectivity index (χ4v) is 4.66. The summed E-state index contributed by atoms with van der Waals surface area (Å²) in [7, 11) is -3.39. The van der Waals surface area contributed by atoms with E-state index >= 15 is 0 Å². The topological polar surface area (TPSA) is 115 Å². The first-order valence-electron chi connectivity index (χ1n) is 9.56. The molecule has 1 aromatic rings. The molecule has 30 heavy (non-hydrogen) atoms. The average Bonchev–Trinajstić information content (AvgIpc) is 2.62. The van der Waals surface area contributed by atoms with E-state index in [0.717, 1.165) is 11.1 Å². The van der Waals surface area contributed by atoms with Crippen LogP contribution in [0.4, 0.5) is 10.5 Å². The summed E-state index contributed by atoms with van der Waals surface area (Å²) >= 11 is 4.20. The largest absolute Gasteiger partial charge is 0.384 e. The number of thiol groups is 1. The van der Waals surface area contributed by atoms with Gasteiger partial charge in [0.1, 0.15) is 0 Å². The molecule has 0 aromatic heterocycles. The van der Waals surface area contributed by atoms with Crippen LogP contribution in [0.2, 0.25) is 0 Å². The smallest absolute Gasteiger partial charge is 0.355 e. The Morgan fingerprint density at radius 3 is 2.20 bits per heavy atom. The molecule has 0 aliphatic carbocycles. The van der Waals surface area contributed by atoms with Crippen molar-refractivity contribution in [3.8, 4) is 6.07 Å². The van der Waals surface area contributed by atoms with Crippen LogP contribution >= 0.6 is 12.6 Å². The second kappa shape index (κ2) is 8.84. The normalized spacial score (nSPS) is 19.0. The Kier molecular flexibility index (Phi) is 7.07. The minimum absolute atomic E-state index is 0.0394. The lowest BCUT2D eigenvalue weighted by Crippen LogP contribution is -2.37. The van der Waals surface area contributed by atoms with Gasteiger partial charge in [-0.15, -0.1) is 17.0 Å². The number of hydrogen-bond donors (Lipinski definition) is 4. The van der Waals surface area contributed by atoms with Gasteiger partial charge in [-0.2, -0.15) is 5.26 Å². The van der Waals surface area contributed by atoms with Crippen molar-refractivity contribution in [1.82, 2.24) is 4.72 Å². The molecule has 1 aromatic carbocycles. The van der Waals surface area contributed by atoms with E-state index in [2.05, 4.69) is 33.1 Å². The number of amides is 2. The Morgan fingerprint density at radius 2 is 1.77 bits per heavy atom. The third-order valence-electron chi connectivity index (χ3n) is 4.60. The summed E-state index contributed by atoms with van der Waals surface area (Å²) < 4.78 is 19.8. The zero-order valence-electron chi connectivity index (χ0n) is 18.0. The maximum absolute atomic E-state index is 13.3. The number of nitrogens with zero attached hydrogens (tertiary/aromatic N) is 2. The molecule has 1 unspecified atom stereocenters. The number of benzene rings is 1. The van der Waals surface area contributed by atoms with Crippen LogP contribution < -0.4 is 10.0 Å². The lowest BCUT2D eigenvalue weighted by atomic mass is 9.90. The first kappa shape index (κ1) is 24.0. The van der Waals surface area contributed by atoms with Crippen LogP contribution in [0, 0.1) is 11.3 Å². The summed E-state index contributed by atoms with van der Waals surface area (Å²) in [4.78, 5) is 12.8. The van der Waals surface area contributed by atoms with Crippen molar-refractivity contribution in [2.24, 2.45) is 4.36 Å². The summed E-state index contributed by atoms with van der Waals surface area (Å²) in [6, 6.07) is 4.83. The Labute approximate surface area is 184 Å². The molecule has 0 saturated carbocycles. The first-order valence-corrected chi connectivity index (χ1v) is 11.5. The van der Waals surface area contributed by atoms with E-state index in [4.69, 9.17) is 0 Å². The summed E-state index contributed by atoms with van der Waals surface area (Å²) in [5.74, 6) is 0.0787. The van der Waals surface area contributed by atoms with Crippen LogP contribution in [0.5, 0.6) is 0 Å². The number of carbonyl (C=O) groups is 1. The molecule has 0 fully saturated rings. The van der Waals surface area contributed by atoms with E-state index in [1.807, 2.05) is 27.7 Å². The maximum Gasteiger partial charge on any atom is 0.355 e. The van der Waals surface area contributed by atoms with Gasteiger partial charge in [0.25, 0.3) is 0 Å². The third kappa shape index (κ3) is 5.25. The number of urea groups is 1. The summed E-state index contributed by atoms with van der Waals surface area (Å²) in [6.07, 6.45) is 3.00. The fraction of sp³-hybridized carbons (Fsp3) is 0.429. The van der Waals surface area contributed by atoms with E-state index in [0.29, 0.717) is 11.3 Å². The number of rotatable bonds is 4. The Balaban J connectivity index is 2.51. The van der Waals surface area contributed by atoms with Crippen molar-refractivity contribution in [2.75, 3.05) is 5.32 Å². The quantitative estimate of drug-likeness (QED) is 0.498. The number of anilines is 1. The van der Waals surface area contributed by atoms with Crippen LogP contribution in [0.1, 0.15) is 70.1 Å². The van der Waals surface area contributed by atoms with Crippen LogP contribution in [0.25, 0.3) is 0 Å². The summed E-state index contributed by atoms with van der Waals surface area (Å²) in [6.45, 7) is 10.9. The summed E-state index contributed by atoms with van der Waals surface area (Å²) in [5, 5.41) is 22.3. The van der Waals surface area contributed by atoms with E-state index in [9.17, 15) is 19.4 Å². The first-order chi connectivity index (χ1) is 13.8. The van der Waals surface area contributed by atoms with Crippen molar-refractivity contribution in [3.05, 3.63) is 50.9 Å². The predicted octanol–water partition coefficient (Wildman–Crippen LogP) is 4.75. The second-order valence-electron chi connectivity index (χ2n) is 8.24. The Bertz CT molecular complexity index is 1050. The highest BCUT2D eigenvalue weighted by molar-refractivity contribution is 8.10. The Hall–Kier alpha value is -2.28. The van der Waals surface area contributed by atoms with Crippen molar-refractivity contribution in [1.29, 1.82) is 5.26 Å². The average molecular weight is 449 g/mol. The molecule has 162 valence electrons. The zero-order valence-corrected chi connectivity index (χ0v) is 19.7. The number of nitrogens with one attached hydrogen (secondary N) is 2. The molecule has 2 rings (SSSR count). The number of hydrogen-bond acceptors (Lipinski definition) is 5. The van der Waals surface area contributed by atoms with Crippen LogP contribution in [0.15, 0.2) is 38.6 Å². The van der Waals surface area contributed by atoms with Gasteiger partial charge in [-0.3, -0.25) is 4.72 Å². The molecule has 1 heterocycles. The maximum atomic E-state index is 13.3. The van der Waals surface area contributed by atoms with Crippen molar-refractivity contribution < 1.29 is 14.1 Å². The predicted molar refractivity (Wildman–Crippen MR) is 124 cm³/mol. The highest BCUT2D eigenvalue weighted by atomic mass is 32.2. The highest BCUT2D eigenvalue weighted by Crippen LogP contribution is 2.34. The molecule has 0 spiro atoms. The molecule has 1 atom stereocenters. The minimum atomic E-state index is -3.39. The van der Waals surface area contributed by atoms with Gasteiger partial charge in [-0.25, -0.2) is 9.00 Å². The van der Waals surface area contributed by atoms with Gasteiger partial charge in [-0.1, -0.05) is 27.7 Å². The molecule has 0 radical (unpaired) electrons. The van der Waals surface area contributed by atoms with Crippen LogP contribution in [-0.2, 0) is 9.92 Å². The van der Waals surface area contributed by atoms with Crippen LogP contribution in [-0.4, -0.2) is 20.9 Å². The minimum Gasteiger partial charge on any atom is -0.384 e. The number of aliphatic hydroxyl groups is 1. The lowest BCUT2D eigenvalue weighted by Gasteiger charge is -2.27. The monoisotopic (exact) mass is 448 g/mol. The van der Waals surface area contributed by atoms with Crippen molar-refractivity contribution >= 4 is 34.3 Å². The van der Waals surface area contributed by atoms with Crippen molar-refractivity contribution in [2.45, 2.75) is 59.0 Å². The number of nitriles is 1. The SMILES string of the molecule is CC(C)c1cc(C#N)cc(C(C)C)c1NC(=O)N=S1(=O)NC(C(C)(C)O)=CC=C1S. The molecule has 9 heteroatoms. The summed E-state index contributed by atoms with van der Waals surface area (Å²) in [5.41, 5.74) is 1.65. The van der Waals surface area contributed by atoms with Gasteiger partial charge >= 0.3 is 6.03 Å². The van der Waals surface area contributed by atoms with E-state index in [1.54, 1.807) is 18.2 Å². The molecular weight excluding hydrogens is 420 g/mol. The second-order valence-corrected chi connectivity index (χ2v) is 10.9. The molecule has 7 nitrogen and oxygen atoms in total. The van der Waals surface area contributed by atoms with Gasteiger partial charge in [0, 0.05) is 5.69 Å². The molecule has 2 amide bonds. The van der Waals surface area contributed by atoms with Gasteiger partial charge < -0.3 is 10.4 Å². The van der Waals surface area contributed by atoms with Gasteiger partial charge in [0.05, 0.1) is 27.2 Å². The van der Waals surface area contributed by atoms with Gasteiger partial charge in [-0.05, 0) is 61.1 Å². The van der Waals surface area contributed by atoms with E-state index in [1.165, 1.54) is 19.9 Å². The number of carbonyl (C=O) groups excluding carboxylic acids is 1. The molecular formula is C21H28N4O3S2. The van der Waals surface area contributed by atoms with E-state index < -0.39 is 21.5 Å². The van der Waals surface area contributed by atoms with Gasteiger partial charge in [0.2, 0.25) is 0 Å².